The van der Waals surface area contributed by atoms with Crippen LogP contribution in [0, 0.1) is 13.8 Å². The number of carbonyl (C=O) groups excluding carboxylic acids is 4. The van der Waals surface area contributed by atoms with Gasteiger partial charge in [-0.1, -0.05) is 18.2 Å². The Labute approximate surface area is 194 Å². The molecule has 0 spiro atoms. The molecule has 0 fully saturated rings. The highest BCUT2D eigenvalue weighted by Gasteiger charge is 2.35. The van der Waals surface area contributed by atoms with Gasteiger partial charge in [0, 0.05) is 12.8 Å². The van der Waals surface area contributed by atoms with Gasteiger partial charge in [-0.3, -0.25) is 14.4 Å². The van der Waals surface area contributed by atoms with Gasteiger partial charge in [0.15, 0.2) is 0 Å². The number of ether oxygens (including phenoxy) is 2. The van der Waals surface area contributed by atoms with Crippen LogP contribution in [0.15, 0.2) is 18.2 Å². The Balaban J connectivity index is 3.24. The predicted molar refractivity (Wildman–Crippen MR) is 123 cm³/mol. The molecule has 9 nitrogen and oxygen atoms in total. The van der Waals surface area contributed by atoms with E-state index in [-0.39, 0.29) is 12.3 Å². The van der Waals surface area contributed by atoms with Crippen LogP contribution in [-0.4, -0.2) is 66.9 Å². The number of hydrogen-bond donors (Lipinski definition) is 3. The van der Waals surface area contributed by atoms with Crippen molar-refractivity contribution in [3.05, 3.63) is 34.9 Å². The Morgan fingerprint density at radius 3 is 2.16 bits per heavy atom. The molecule has 0 saturated carbocycles. The van der Waals surface area contributed by atoms with Crippen molar-refractivity contribution in [2.45, 2.75) is 52.3 Å². The van der Waals surface area contributed by atoms with Gasteiger partial charge in [0.1, 0.15) is 24.2 Å². The highest BCUT2D eigenvalue weighted by atomic mass is 32.1. The molecule has 0 aliphatic heterocycles. The Morgan fingerprint density at radius 2 is 1.69 bits per heavy atom. The van der Waals surface area contributed by atoms with E-state index in [1.54, 1.807) is 20.8 Å². The maximum absolute atomic E-state index is 13.2. The summed E-state index contributed by atoms with van der Waals surface area (Å²) in [5, 5.41) is 5.02. The van der Waals surface area contributed by atoms with Crippen LogP contribution >= 0.6 is 12.6 Å². The van der Waals surface area contributed by atoms with Gasteiger partial charge in [-0.2, -0.15) is 12.6 Å². The van der Waals surface area contributed by atoms with Crippen molar-refractivity contribution in [2.75, 3.05) is 26.5 Å². The molecule has 0 aliphatic rings. The van der Waals surface area contributed by atoms with Crippen LogP contribution in [0.4, 0.5) is 4.79 Å². The van der Waals surface area contributed by atoms with E-state index in [0.717, 1.165) is 11.1 Å². The molecule has 0 aliphatic carbocycles. The van der Waals surface area contributed by atoms with Gasteiger partial charge in [0.05, 0.1) is 7.11 Å². The predicted octanol–water partition coefficient (Wildman–Crippen LogP) is 1.92. The van der Waals surface area contributed by atoms with Crippen LogP contribution in [0.25, 0.3) is 0 Å². The zero-order chi connectivity index (χ0) is 24.6. The quantitative estimate of drug-likeness (QED) is 0.398. The number of benzene rings is 1. The van der Waals surface area contributed by atoms with Gasteiger partial charge in [0.25, 0.3) is 0 Å². The number of methoxy groups -OCH3 is 1. The average Bonchev–Trinajstić information content (AvgIpc) is 2.70. The third kappa shape index (κ3) is 7.74. The smallest absolute Gasteiger partial charge is 0.408 e. The van der Waals surface area contributed by atoms with E-state index < -0.39 is 41.6 Å². The van der Waals surface area contributed by atoms with Gasteiger partial charge in [-0.25, -0.2) is 4.79 Å². The first-order chi connectivity index (χ1) is 14.8. The summed E-state index contributed by atoms with van der Waals surface area (Å²) in [7, 11) is 2.68. The number of rotatable bonds is 8. The summed E-state index contributed by atoms with van der Waals surface area (Å²) in [6.07, 6.45) is -0.767. The van der Waals surface area contributed by atoms with Gasteiger partial charge < -0.3 is 25.0 Å². The Bertz CT molecular complexity index is 832. The highest BCUT2D eigenvalue weighted by Crippen LogP contribution is 2.27. The molecule has 2 unspecified atom stereocenters. The second-order valence-electron chi connectivity index (χ2n) is 8.33. The lowest BCUT2D eigenvalue weighted by atomic mass is 9.94. The molecule has 1 aromatic rings. The molecule has 0 heterocycles. The molecule has 0 saturated heterocycles. The van der Waals surface area contributed by atoms with Gasteiger partial charge in [-0.15, -0.1) is 0 Å². The minimum atomic E-state index is -1.05. The zero-order valence-electron chi connectivity index (χ0n) is 19.6. The number of carbonyl (C=O) groups is 4. The Kier molecular flexibility index (Phi) is 10.0. The second-order valence-corrected chi connectivity index (χ2v) is 8.70. The second kappa shape index (κ2) is 11.8. The minimum absolute atomic E-state index is 0.00826. The first kappa shape index (κ1) is 27.3. The van der Waals surface area contributed by atoms with Crippen molar-refractivity contribution < 1.29 is 28.7 Å². The van der Waals surface area contributed by atoms with E-state index in [9.17, 15) is 19.2 Å². The zero-order valence-corrected chi connectivity index (χ0v) is 20.5. The molecule has 0 aromatic heterocycles. The fourth-order valence-corrected chi connectivity index (χ4v) is 3.34. The summed E-state index contributed by atoms with van der Waals surface area (Å²) in [5.74, 6) is -1.72. The van der Waals surface area contributed by atoms with E-state index in [2.05, 4.69) is 28.0 Å². The number of amides is 3. The SMILES string of the molecule is COC(=O)CNC(=O)C(c1c(C)cccc1C)N(C)C(=O)C(CS)NC(=O)OC(C)(C)C. The minimum Gasteiger partial charge on any atom is -0.468 e. The Hall–Kier alpha value is -2.75. The van der Waals surface area contributed by atoms with Crippen molar-refractivity contribution in [1.82, 2.24) is 15.5 Å². The first-order valence-corrected chi connectivity index (χ1v) is 10.7. The normalized spacial score (nSPS) is 12.9. The summed E-state index contributed by atoms with van der Waals surface area (Å²) in [6.45, 7) is 8.44. The molecule has 2 N–H and O–H groups in total. The number of nitrogens with one attached hydrogen (secondary N) is 2. The molecule has 2 atom stereocenters. The molecule has 1 rings (SSSR count). The van der Waals surface area contributed by atoms with Crippen LogP contribution < -0.4 is 10.6 Å². The third-order valence-corrected chi connectivity index (χ3v) is 4.97. The molecular formula is C22H33N3O6S. The third-order valence-electron chi connectivity index (χ3n) is 4.61. The summed E-state index contributed by atoms with van der Waals surface area (Å²) >= 11 is 4.19. The average molecular weight is 468 g/mol. The van der Waals surface area contributed by atoms with Gasteiger partial charge in [-0.05, 0) is 51.3 Å². The molecule has 32 heavy (non-hydrogen) atoms. The van der Waals surface area contributed by atoms with E-state index >= 15 is 0 Å². The molecule has 3 amide bonds. The lowest BCUT2D eigenvalue weighted by Gasteiger charge is -2.32. The fourth-order valence-electron chi connectivity index (χ4n) is 3.10. The highest BCUT2D eigenvalue weighted by molar-refractivity contribution is 7.80. The number of thiol groups is 1. The Morgan fingerprint density at radius 1 is 1.12 bits per heavy atom. The first-order valence-electron chi connectivity index (χ1n) is 10.1. The summed E-state index contributed by atoms with van der Waals surface area (Å²) in [5.41, 5.74) is 1.48. The van der Waals surface area contributed by atoms with E-state index in [0.29, 0.717) is 5.56 Å². The van der Waals surface area contributed by atoms with E-state index in [4.69, 9.17) is 4.74 Å². The number of alkyl carbamates (subject to hydrolysis) is 1. The summed E-state index contributed by atoms with van der Waals surface area (Å²) < 4.78 is 9.80. The van der Waals surface area contributed by atoms with Gasteiger partial charge in [0.2, 0.25) is 11.8 Å². The fraction of sp³-hybridized carbons (Fsp3) is 0.545. The molecule has 1 aromatic carbocycles. The summed E-state index contributed by atoms with van der Waals surface area (Å²) in [6, 6.07) is 3.43. The maximum Gasteiger partial charge on any atom is 0.408 e. The number of nitrogens with zero attached hydrogens (tertiary/aromatic N) is 1. The van der Waals surface area contributed by atoms with Crippen molar-refractivity contribution in [3.8, 4) is 0 Å². The standard InChI is InChI=1S/C22H33N3O6S/c1-13-9-8-10-14(2)17(13)18(19(27)23-11-16(26)30-7)25(6)20(28)15(12-32)24-21(29)31-22(3,4)5/h8-10,15,18,32H,11-12H2,1-7H3,(H,23,27)(H,24,29). The molecule has 178 valence electrons. The lowest BCUT2D eigenvalue weighted by molar-refractivity contribution is -0.143. The van der Waals surface area contributed by atoms with Crippen LogP contribution in [0.3, 0.4) is 0 Å². The molecular weight excluding hydrogens is 434 g/mol. The van der Waals surface area contributed by atoms with Crippen molar-refractivity contribution in [3.63, 3.8) is 0 Å². The van der Waals surface area contributed by atoms with Gasteiger partial charge >= 0.3 is 12.1 Å². The van der Waals surface area contributed by atoms with E-state index in [1.807, 2.05) is 32.0 Å². The van der Waals surface area contributed by atoms with Crippen LogP contribution in [-0.2, 0) is 23.9 Å². The monoisotopic (exact) mass is 467 g/mol. The van der Waals surface area contributed by atoms with Crippen molar-refractivity contribution >= 4 is 36.5 Å². The molecule has 0 radical (unpaired) electrons. The van der Waals surface area contributed by atoms with Crippen LogP contribution in [0.5, 0.6) is 0 Å². The lowest BCUT2D eigenvalue weighted by Crippen LogP contribution is -2.53. The number of likely N-dealkylation sites (N-methyl/N-ethyl adjacent to an activating group) is 1. The number of esters is 1. The van der Waals surface area contributed by atoms with E-state index in [1.165, 1.54) is 19.1 Å². The summed E-state index contributed by atoms with van der Waals surface area (Å²) in [4.78, 5) is 51.3. The van der Waals surface area contributed by atoms with Crippen LogP contribution in [0.1, 0.15) is 43.5 Å². The topological polar surface area (TPSA) is 114 Å². The van der Waals surface area contributed by atoms with Crippen LogP contribution in [0.2, 0.25) is 0 Å². The molecule has 10 heteroatoms. The number of hydrogen-bond acceptors (Lipinski definition) is 7. The molecule has 0 bridgehead atoms. The number of aryl methyl sites for hydroxylation is 2. The van der Waals surface area contributed by atoms with Crippen molar-refractivity contribution in [2.24, 2.45) is 0 Å². The van der Waals surface area contributed by atoms with Crippen molar-refractivity contribution in [1.29, 1.82) is 0 Å². The maximum atomic E-state index is 13.2. The largest absolute Gasteiger partial charge is 0.468 e.